The van der Waals surface area contributed by atoms with Crippen molar-refractivity contribution in [2.24, 2.45) is 5.92 Å². The molecule has 1 saturated carbocycles. The zero-order chi connectivity index (χ0) is 22.9. The number of benzene rings is 1. The smallest absolute Gasteiger partial charge is 0.226 e. The summed E-state index contributed by atoms with van der Waals surface area (Å²) in [6.45, 7) is -2.26. The molecule has 12 heteroatoms. The summed E-state index contributed by atoms with van der Waals surface area (Å²) in [4.78, 5) is 13.0. The van der Waals surface area contributed by atoms with Gasteiger partial charge in [0, 0.05) is 12.5 Å². The fraction of sp³-hybridized carbons (Fsp3) is 0.450. The predicted octanol–water partition coefficient (Wildman–Crippen LogP) is 2.99. The molecule has 2 aromatic heterocycles. The van der Waals surface area contributed by atoms with Crippen molar-refractivity contribution in [1.29, 1.82) is 0 Å². The number of alkyl halides is 2. The van der Waals surface area contributed by atoms with E-state index in [2.05, 4.69) is 25.6 Å². The molecule has 3 aromatic rings. The number of halogens is 3. The molecule has 8 nitrogen and oxygen atoms in total. The Hall–Kier alpha value is -2.18. The maximum atomic E-state index is 13.0. The molecule has 0 aliphatic heterocycles. The van der Waals surface area contributed by atoms with Crippen molar-refractivity contribution in [2.45, 2.75) is 30.7 Å². The summed E-state index contributed by atoms with van der Waals surface area (Å²) in [6.07, 6.45) is -0.751. The molecule has 3 atom stereocenters. The summed E-state index contributed by atoms with van der Waals surface area (Å²) in [5.74, 6) is -0.614. The SMILES string of the molecule is OCC1CCC(O)(Nc2nc(NC(CF)CF)nc(Cl)c2-c2nc3ccccc3s2)C1O. The number of aromatic nitrogens is 3. The quantitative estimate of drug-likeness (QED) is 0.244. The van der Waals surface area contributed by atoms with Crippen LogP contribution in [0.2, 0.25) is 5.15 Å². The number of aliphatic hydroxyl groups is 3. The van der Waals surface area contributed by atoms with E-state index in [1.165, 1.54) is 11.3 Å². The Morgan fingerprint density at radius 2 is 1.97 bits per heavy atom. The predicted molar refractivity (Wildman–Crippen MR) is 119 cm³/mol. The molecule has 1 aliphatic rings. The van der Waals surface area contributed by atoms with Crippen LogP contribution in [0.4, 0.5) is 20.5 Å². The third kappa shape index (κ3) is 4.35. The minimum Gasteiger partial charge on any atom is -0.396 e. The van der Waals surface area contributed by atoms with Crippen molar-refractivity contribution in [3.8, 4) is 10.6 Å². The van der Waals surface area contributed by atoms with Crippen LogP contribution in [-0.4, -0.2) is 68.1 Å². The van der Waals surface area contributed by atoms with Gasteiger partial charge in [0.05, 0.1) is 21.8 Å². The highest BCUT2D eigenvalue weighted by Crippen LogP contribution is 2.42. The topological polar surface area (TPSA) is 123 Å². The van der Waals surface area contributed by atoms with Crippen LogP contribution in [0.15, 0.2) is 24.3 Å². The van der Waals surface area contributed by atoms with Crippen LogP contribution in [-0.2, 0) is 0 Å². The normalized spacial score (nSPS) is 23.2. The molecule has 32 heavy (non-hydrogen) atoms. The summed E-state index contributed by atoms with van der Waals surface area (Å²) in [6, 6.07) is 6.28. The monoisotopic (exact) mass is 485 g/mol. The van der Waals surface area contributed by atoms with Gasteiger partial charge in [-0.1, -0.05) is 23.7 Å². The van der Waals surface area contributed by atoms with Gasteiger partial charge in [0.25, 0.3) is 0 Å². The maximum Gasteiger partial charge on any atom is 0.226 e. The van der Waals surface area contributed by atoms with Crippen LogP contribution < -0.4 is 10.6 Å². The summed E-state index contributed by atoms with van der Waals surface area (Å²) in [5, 5.41) is 36.8. The van der Waals surface area contributed by atoms with Gasteiger partial charge in [0.1, 0.15) is 35.4 Å². The largest absolute Gasteiger partial charge is 0.396 e. The molecule has 172 valence electrons. The molecule has 4 rings (SSSR count). The standard InChI is InChI=1S/C20H22ClF2N5O3S/c21-16-14(18-25-12-3-1-2-4-13(12)32-18)17(27-19(26-16)24-11(7-22)8-23)28-20(31)6-5-10(9-29)15(20)30/h1-4,10-11,15,29-31H,5-9H2,(H2,24,26,27,28). The van der Waals surface area contributed by atoms with E-state index < -0.39 is 37.1 Å². The van der Waals surface area contributed by atoms with E-state index >= 15 is 0 Å². The van der Waals surface area contributed by atoms with Crippen LogP contribution in [0, 0.1) is 5.92 Å². The Labute approximate surface area is 191 Å². The lowest BCUT2D eigenvalue weighted by atomic mass is 10.0. The first-order chi connectivity index (χ1) is 15.4. The van der Waals surface area contributed by atoms with Gasteiger partial charge >= 0.3 is 0 Å². The number of para-hydroxylation sites is 1. The Morgan fingerprint density at radius 1 is 1.22 bits per heavy atom. The molecule has 2 heterocycles. The second kappa shape index (κ2) is 9.36. The minimum atomic E-state index is -1.80. The van der Waals surface area contributed by atoms with Crippen LogP contribution in [0.5, 0.6) is 0 Å². The van der Waals surface area contributed by atoms with Crippen LogP contribution >= 0.6 is 22.9 Å². The first-order valence-corrected chi connectivity index (χ1v) is 11.2. The van der Waals surface area contributed by atoms with Crippen molar-refractivity contribution >= 4 is 44.9 Å². The van der Waals surface area contributed by atoms with Crippen molar-refractivity contribution in [1.82, 2.24) is 15.0 Å². The molecule has 5 N–H and O–H groups in total. The Bertz CT molecular complexity index is 1070. The van der Waals surface area contributed by atoms with Crippen LogP contribution in [0.3, 0.4) is 0 Å². The number of hydrogen-bond acceptors (Lipinski definition) is 9. The van der Waals surface area contributed by atoms with Gasteiger partial charge < -0.3 is 26.0 Å². The van der Waals surface area contributed by atoms with Crippen molar-refractivity contribution in [3.05, 3.63) is 29.4 Å². The average molecular weight is 486 g/mol. The van der Waals surface area contributed by atoms with Gasteiger partial charge in [-0.05, 0) is 25.0 Å². The highest BCUT2D eigenvalue weighted by molar-refractivity contribution is 7.21. The lowest BCUT2D eigenvalue weighted by molar-refractivity contribution is -0.0545. The molecule has 0 spiro atoms. The Balaban J connectivity index is 1.79. The van der Waals surface area contributed by atoms with Gasteiger partial charge in [-0.3, -0.25) is 0 Å². The summed E-state index contributed by atoms with van der Waals surface area (Å²) < 4.78 is 26.9. The van der Waals surface area contributed by atoms with Crippen molar-refractivity contribution in [3.63, 3.8) is 0 Å². The number of rotatable bonds is 8. The van der Waals surface area contributed by atoms with Gasteiger partial charge in [0.15, 0.2) is 5.72 Å². The van der Waals surface area contributed by atoms with E-state index in [0.29, 0.717) is 11.4 Å². The number of anilines is 2. The number of hydrogen-bond donors (Lipinski definition) is 5. The fourth-order valence-electron chi connectivity index (χ4n) is 3.69. The number of thiazole rings is 1. The summed E-state index contributed by atoms with van der Waals surface area (Å²) >= 11 is 7.78. The number of nitrogens with one attached hydrogen (secondary N) is 2. The lowest BCUT2D eigenvalue weighted by Gasteiger charge is -2.31. The zero-order valence-electron chi connectivity index (χ0n) is 16.8. The Kier molecular flexibility index (Phi) is 6.72. The molecule has 0 saturated heterocycles. The third-order valence-corrected chi connectivity index (χ3v) is 6.81. The molecule has 1 aliphatic carbocycles. The van der Waals surface area contributed by atoms with Crippen LogP contribution in [0.1, 0.15) is 12.8 Å². The van der Waals surface area contributed by atoms with E-state index in [-0.39, 0.29) is 35.5 Å². The molecular formula is C20H22ClF2N5O3S. The van der Waals surface area contributed by atoms with E-state index in [1.807, 2.05) is 24.3 Å². The molecule has 0 radical (unpaired) electrons. The van der Waals surface area contributed by atoms with Gasteiger partial charge in [0.2, 0.25) is 5.95 Å². The van der Waals surface area contributed by atoms with Gasteiger partial charge in [-0.15, -0.1) is 11.3 Å². The van der Waals surface area contributed by atoms with E-state index in [4.69, 9.17) is 11.6 Å². The van der Waals surface area contributed by atoms with Crippen molar-refractivity contribution < 1.29 is 24.1 Å². The lowest BCUT2D eigenvalue weighted by Crippen LogP contribution is -2.48. The molecule has 0 amide bonds. The zero-order valence-corrected chi connectivity index (χ0v) is 18.4. The number of aliphatic hydroxyl groups excluding tert-OH is 2. The molecule has 3 unspecified atom stereocenters. The van der Waals surface area contributed by atoms with E-state index in [0.717, 1.165) is 10.2 Å². The fourth-order valence-corrected chi connectivity index (χ4v) is 5.02. The Morgan fingerprint density at radius 3 is 2.62 bits per heavy atom. The first-order valence-electron chi connectivity index (χ1n) is 10.00. The minimum absolute atomic E-state index is 0.0446. The van der Waals surface area contributed by atoms with Crippen LogP contribution in [0.25, 0.3) is 20.8 Å². The first kappa shape index (κ1) is 23.0. The average Bonchev–Trinajstić information content (AvgIpc) is 3.32. The molecule has 1 aromatic carbocycles. The van der Waals surface area contributed by atoms with Crippen molar-refractivity contribution in [2.75, 3.05) is 30.6 Å². The second-order valence-electron chi connectivity index (χ2n) is 7.67. The molecule has 0 bridgehead atoms. The highest BCUT2D eigenvalue weighted by atomic mass is 35.5. The highest BCUT2D eigenvalue weighted by Gasteiger charge is 2.47. The molecule has 1 fully saturated rings. The number of fused-ring (bicyclic) bond motifs is 1. The number of nitrogens with zero attached hydrogens (tertiary/aromatic N) is 3. The second-order valence-corrected chi connectivity index (χ2v) is 9.06. The van der Waals surface area contributed by atoms with Gasteiger partial charge in [-0.2, -0.15) is 4.98 Å². The summed E-state index contributed by atoms with van der Waals surface area (Å²) in [5.41, 5.74) is -0.789. The maximum absolute atomic E-state index is 13.0. The van der Waals surface area contributed by atoms with E-state index in [9.17, 15) is 24.1 Å². The third-order valence-electron chi connectivity index (χ3n) is 5.48. The van der Waals surface area contributed by atoms with E-state index in [1.54, 1.807) is 0 Å². The van der Waals surface area contributed by atoms with Gasteiger partial charge in [-0.25, -0.2) is 18.7 Å². The summed E-state index contributed by atoms with van der Waals surface area (Å²) in [7, 11) is 0. The molecular weight excluding hydrogens is 464 g/mol.